The average molecular weight is 538 g/mol. The first-order valence-electron chi connectivity index (χ1n) is 12.7. The summed E-state index contributed by atoms with van der Waals surface area (Å²) in [7, 11) is 0. The summed E-state index contributed by atoms with van der Waals surface area (Å²) in [6.45, 7) is 3.39. The van der Waals surface area contributed by atoms with E-state index in [9.17, 15) is 18.0 Å². The van der Waals surface area contributed by atoms with Crippen LogP contribution in [0.15, 0.2) is 90.1 Å². The highest BCUT2D eigenvalue weighted by molar-refractivity contribution is 7.99. The number of benzene rings is 3. The molecule has 0 saturated carbocycles. The minimum Gasteiger partial charge on any atom is -0.352 e. The van der Waals surface area contributed by atoms with E-state index in [0.29, 0.717) is 13.0 Å². The number of nitrogens with one attached hydrogen (secondary N) is 1. The molecule has 38 heavy (non-hydrogen) atoms. The van der Waals surface area contributed by atoms with Gasteiger partial charge in [0.1, 0.15) is 0 Å². The first-order chi connectivity index (χ1) is 18.4. The topological polar surface area (TPSA) is 46.9 Å². The Bertz CT molecular complexity index is 1340. The molecule has 0 bridgehead atoms. The number of halogens is 3. The zero-order valence-electron chi connectivity index (χ0n) is 21.2. The van der Waals surface area contributed by atoms with Crippen LogP contribution in [0.3, 0.4) is 0 Å². The second-order valence-electron chi connectivity index (χ2n) is 8.87. The third-order valence-electron chi connectivity index (χ3n) is 6.01. The first-order valence-corrected chi connectivity index (χ1v) is 13.7. The van der Waals surface area contributed by atoms with Gasteiger partial charge in [0.15, 0.2) is 5.16 Å². The minimum absolute atomic E-state index is 0.0117. The van der Waals surface area contributed by atoms with Gasteiger partial charge < -0.3 is 9.88 Å². The number of carbonyl (C=O) groups excluding carboxylic acids is 1. The van der Waals surface area contributed by atoms with E-state index >= 15 is 0 Å². The van der Waals surface area contributed by atoms with Crippen molar-refractivity contribution in [2.24, 2.45) is 0 Å². The zero-order valence-corrected chi connectivity index (χ0v) is 22.0. The molecule has 0 unspecified atom stereocenters. The molecular formula is C30H30F3N3OS. The van der Waals surface area contributed by atoms with E-state index in [1.165, 1.54) is 12.1 Å². The van der Waals surface area contributed by atoms with E-state index < -0.39 is 17.6 Å². The number of imidazole rings is 1. The third-order valence-corrected chi connectivity index (χ3v) is 7.08. The van der Waals surface area contributed by atoms with Gasteiger partial charge in [-0.15, -0.1) is 0 Å². The molecule has 1 N–H and O–H groups in total. The van der Waals surface area contributed by atoms with Crippen LogP contribution in [0.5, 0.6) is 0 Å². The molecule has 0 aliphatic carbocycles. The fourth-order valence-electron chi connectivity index (χ4n) is 4.19. The van der Waals surface area contributed by atoms with E-state index in [1.807, 2.05) is 36.4 Å². The molecule has 3 aromatic carbocycles. The summed E-state index contributed by atoms with van der Waals surface area (Å²) >= 11 is 1.69. The third kappa shape index (κ3) is 6.86. The van der Waals surface area contributed by atoms with Crippen LogP contribution in [0.1, 0.15) is 42.1 Å². The molecule has 0 aliphatic heterocycles. The second kappa shape index (κ2) is 12.8. The van der Waals surface area contributed by atoms with Gasteiger partial charge in [-0.25, -0.2) is 4.98 Å². The highest BCUT2D eigenvalue weighted by Gasteiger charge is 2.30. The van der Waals surface area contributed by atoms with Crippen molar-refractivity contribution < 1.29 is 18.0 Å². The molecule has 0 spiro atoms. The van der Waals surface area contributed by atoms with Gasteiger partial charge in [0.2, 0.25) is 0 Å². The Morgan fingerprint density at radius 3 is 2.26 bits per heavy atom. The summed E-state index contributed by atoms with van der Waals surface area (Å²) < 4.78 is 41.0. The fraction of sp³-hybridized carbons (Fsp3) is 0.267. The van der Waals surface area contributed by atoms with Crippen LogP contribution in [-0.2, 0) is 12.7 Å². The van der Waals surface area contributed by atoms with Crippen molar-refractivity contribution in [2.45, 2.75) is 44.1 Å². The number of hydrogen-bond donors (Lipinski definition) is 1. The smallest absolute Gasteiger partial charge is 0.352 e. The van der Waals surface area contributed by atoms with Gasteiger partial charge in [-0.1, -0.05) is 85.4 Å². The summed E-state index contributed by atoms with van der Waals surface area (Å²) in [5, 5.41) is 3.68. The number of rotatable bonds is 11. The van der Waals surface area contributed by atoms with Crippen LogP contribution >= 0.6 is 11.8 Å². The maximum atomic E-state index is 12.9. The number of nitrogens with zero attached hydrogens (tertiary/aromatic N) is 2. The maximum absolute atomic E-state index is 12.9. The van der Waals surface area contributed by atoms with E-state index in [2.05, 4.69) is 41.1 Å². The highest BCUT2D eigenvalue weighted by Crippen LogP contribution is 2.36. The highest BCUT2D eigenvalue weighted by atomic mass is 32.2. The van der Waals surface area contributed by atoms with E-state index in [4.69, 9.17) is 4.98 Å². The summed E-state index contributed by atoms with van der Waals surface area (Å²) in [4.78, 5) is 17.4. The normalized spacial score (nSPS) is 11.5. The zero-order chi connectivity index (χ0) is 27.0. The Balaban J connectivity index is 1.40. The monoisotopic (exact) mass is 537 g/mol. The van der Waals surface area contributed by atoms with Gasteiger partial charge in [-0.3, -0.25) is 4.79 Å². The van der Waals surface area contributed by atoms with Crippen molar-refractivity contribution in [3.8, 4) is 22.5 Å². The first kappa shape index (κ1) is 27.5. The summed E-state index contributed by atoms with van der Waals surface area (Å²) in [6, 6.07) is 25.0. The van der Waals surface area contributed by atoms with Crippen molar-refractivity contribution in [3.63, 3.8) is 0 Å². The number of alkyl halides is 3. The molecule has 1 amide bonds. The van der Waals surface area contributed by atoms with Crippen molar-refractivity contribution in [3.05, 3.63) is 96.1 Å². The lowest BCUT2D eigenvalue weighted by Gasteiger charge is -2.12. The van der Waals surface area contributed by atoms with Crippen molar-refractivity contribution in [1.82, 2.24) is 14.9 Å². The maximum Gasteiger partial charge on any atom is 0.416 e. The molecule has 4 aromatic rings. The summed E-state index contributed by atoms with van der Waals surface area (Å²) in [6.07, 6.45) is -1.96. The number of aromatic nitrogens is 2. The molecule has 0 fully saturated rings. The van der Waals surface area contributed by atoms with E-state index in [1.54, 1.807) is 11.8 Å². The van der Waals surface area contributed by atoms with Gasteiger partial charge in [-0.05, 0) is 37.5 Å². The van der Waals surface area contributed by atoms with Crippen LogP contribution in [0.4, 0.5) is 13.2 Å². The van der Waals surface area contributed by atoms with Crippen LogP contribution in [0.25, 0.3) is 22.5 Å². The Morgan fingerprint density at radius 1 is 0.921 bits per heavy atom. The number of carbonyl (C=O) groups is 1. The molecule has 0 aliphatic rings. The minimum atomic E-state index is -4.47. The number of amides is 1. The largest absolute Gasteiger partial charge is 0.416 e. The molecule has 4 nitrogen and oxygen atoms in total. The Labute approximate surface area is 225 Å². The summed E-state index contributed by atoms with van der Waals surface area (Å²) in [5.41, 5.74) is 3.44. The second-order valence-corrected chi connectivity index (χ2v) is 9.93. The van der Waals surface area contributed by atoms with Gasteiger partial charge in [0, 0.05) is 35.5 Å². The lowest BCUT2D eigenvalue weighted by Crippen LogP contribution is -2.25. The van der Waals surface area contributed by atoms with E-state index in [0.717, 1.165) is 64.9 Å². The lowest BCUT2D eigenvalue weighted by atomic mass is 10.0. The van der Waals surface area contributed by atoms with Crippen LogP contribution < -0.4 is 5.32 Å². The average Bonchev–Trinajstić information content (AvgIpc) is 3.29. The Hall–Kier alpha value is -3.52. The molecule has 0 radical (unpaired) electrons. The Kier molecular flexibility index (Phi) is 9.29. The van der Waals surface area contributed by atoms with Crippen LogP contribution in [-0.4, -0.2) is 27.8 Å². The number of thioether (sulfide) groups is 1. The van der Waals surface area contributed by atoms with Gasteiger partial charge in [-0.2, -0.15) is 13.2 Å². The quantitative estimate of drug-likeness (QED) is 0.156. The molecule has 4 rings (SSSR count). The lowest BCUT2D eigenvalue weighted by molar-refractivity contribution is -0.137. The number of unbranched alkanes of at least 4 members (excludes halogenated alkanes) is 1. The fourth-order valence-corrected chi connectivity index (χ4v) is 5.22. The SMILES string of the molecule is CCCn1c(SCCCCNC(=O)c2cccc(C(F)(F)F)c2)nc(-c2ccccc2)c1-c1ccccc1. The predicted molar refractivity (Wildman–Crippen MR) is 147 cm³/mol. The van der Waals surface area contributed by atoms with Crippen molar-refractivity contribution in [1.29, 1.82) is 0 Å². The van der Waals surface area contributed by atoms with Gasteiger partial charge >= 0.3 is 6.18 Å². The standard InChI is InChI=1S/C30H30F3N3OS/c1-2-19-36-27(23-14-7-4-8-15-23)26(22-12-5-3-6-13-22)35-29(36)38-20-10-9-18-34-28(37)24-16-11-17-25(21-24)30(31,32)33/h3-8,11-17,21H,2,9-10,18-20H2,1H3,(H,34,37). The van der Waals surface area contributed by atoms with Crippen molar-refractivity contribution in [2.75, 3.05) is 12.3 Å². The summed E-state index contributed by atoms with van der Waals surface area (Å²) in [5.74, 6) is 0.310. The van der Waals surface area contributed by atoms with Crippen molar-refractivity contribution >= 4 is 17.7 Å². The molecule has 198 valence electrons. The van der Waals surface area contributed by atoms with Crippen LogP contribution in [0.2, 0.25) is 0 Å². The molecular weight excluding hydrogens is 507 g/mol. The Morgan fingerprint density at radius 2 is 1.61 bits per heavy atom. The molecule has 0 atom stereocenters. The molecule has 1 heterocycles. The molecule has 8 heteroatoms. The van der Waals surface area contributed by atoms with Gasteiger partial charge in [0.05, 0.1) is 17.0 Å². The van der Waals surface area contributed by atoms with Gasteiger partial charge in [0.25, 0.3) is 5.91 Å². The molecule has 0 saturated heterocycles. The molecule has 1 aromatic heterocycles. The number of hydrogen-bond acceptors (Lipinski definition) is 3. The van der Waals surface area contributed by atoms with Crippen LogP contribution in [0, 0.1) is 0 Å². The predicted octanol–water partition coefficient (Wildman–Crippen LogP) is 7.95. The van der Waals surface area contributed by atoms with E-state index in [-0.39, 0.29) is 5.56 Å².